The molecule has 0 radical (unpaired) electrons. The summed E-state index contributed by atoms with van der Waals surface area (Å²) in [5.74, 6) is 0. The third kappa shape index (κ3) is 2.08. The molecule has 0 saturated carbocycles. The Hall–Kier alpha value is -0.180. The maximum Gasteiger partial charge on any atom is 0.338 e. The van der Waals surface area contributed by atoms with Crippen molar-refractivity contribution < 1.29 is 9.18 Å². The lowest BCUT2D eigenvalue weighted by molar-refractivity contribution is -0.124. The molecule has 0 heterocycles. The van der Waals surface area contributed by atoms with Crippen LogP contribution in [-0.4, -0.2) is 6.04 Å². The summed E-state index contributed by atoms with van der Waals surface area (Å²) in [5, 5.41) is 0. The van der Waals surface area contributed by atoms with Crippen LogP contribution in [0.4, 0.5) is 4.39 Å². The van der Waals surface area contributed by atoms with Crippen LogP contribution < -0.4 is 0 Å². The first-order chi connectivity index (χ1) is 2.64. The Balaban J connectivity index is 3.57. The SMILES string of the molecule is C=C(Br)C(=O)F. The fraction of sp³-hybridized carbons (Fsp3) is 0. The fourth-order valence-electron chi connectivity index (χ4n) is 0. The van der Waals surface area contributed by atoms with Gasteiger partial charge < -0.3 is 0 Å². The van der Waals surface area contributed by atoms with E-state index in [0.717, 1.165) is 0 Å². The molecule has 0 N–H and O–H groups in total. The maximum atomic E-state index is 11.0. The maximum absolute atomic E-state index is 11.0. The van der Waals surface area contributed by atoms with Crippen molar-refractivity contribution in [2.75, 3.05) is 0 Å². The molecule has 0 amide bonds. The molecule has 6 heavy (non-hydrogen) atoms. The van der Waals surface area contributed by atoms with Gasteiger partial charge in [-0.3, -0.25) is 4.79 Å². The number of hydrogen-bond donors (Lipinski definition) is 0. The Morgan fingerprint density at radius 3 is 2.00 bits per heavy atom. The summed E-state index contributed by atoms with van der Waals surface area (Å²) in [7, 11) is 0. The van der Waals surface area contributed by atoms with Gasteiger partial charge in [-0.15, -0.1) is 0 Å². The zero-order valence-corrected chi connectivity index (χ0v) is 4.46. The molecule has 0 aliphatic rings. The summed E-state index contributed by atoms with van der Waals surface area (Å²) < 4.78 is 10.8. The van der Waals surface area contributed by atoms with Gasteiger partial charge in [-0.25, -0.2) is 0 Å². The van der Waals surface area contributed by atoms with Crippen LogP contribution in [0, 0.1) is 0 Å². The van der Waals surface area contributed by atoms with Gasteiger partial charge in [0.25, 0.3) is 0 Å². The second kappa shape index (κ2) is 2.08. The molecule has 0 fully saturated rings. The highest BCUT2D eigenvalue weighted by Gasteiger charge is 1.95. The molecule has 0 aliphatic heterocycles. The largest absolute Gasteiger partial charge is 0.338 e. The van der Waals surface area contributed by atoms with Gasteiger partial charge in [-0.1, -0.05) is 6.58 Å². The Kier molecular flexibility index (Phi) is 2.01. The summed E-state index contributed by atoms with van der Waals surface area (Å²) in [4.78, 5) is 9.33. The zero-order chi connectivity index (χ0) is 5.15. The summed E-state index contributed by atoms with van der Waals surface area (Å²) >= 11 is 2.52. The molecule has 34 valence electrons. The van der Waals surface area contributed by atoms with E-state index in [1.807, 2.05) is 0 Å². The molecular formula is C3H2BrFO. The molecule has 0 aromatic carbocycles. The third-order valence-electron chi connectivity index (χ3n) is 0.213. The van der Waals surface area contributed by atoms with E-state index in [-0.39, 0.29) is 4.48 Å². The Morgan fingerprint density at radius 1 is 1.83 bits per heavy atom. The van der Waals surface area contributed by atoms with E-state index < -0.39 is 6.04 Å². The molecule has 0 aliphatic carbocycles. The van der Waals surface area contributed by atoms with Crippen LogP contribution in [0.25, 0.3) is 0 Å². The number of rotatable bonds is 1. The Bertz CT molecular complexity index is 76.8. The first kappa shape index (κ1) is 5.82. The molecule has 0 bridgehead atoms. The number of carbonyl (C=O) groups excluding carboxylic acids is 1. The normalized spacial score (nSPS) is 7.67. The van der Waals surface area contributed by atoms with E-state index in [2.05, 4.69) is 22.5 Å². The number of hydrogen-bond acceptors (Lipinski definition) is 1. The summed E-state index contributed by atoms with van der Waals surface area (Å²) in [5.41, 5.74) is 0. The third-order valence-corrected chi connectivity index (χ3v) is 0.525. The quantitative estimate of drug-likeness (QED) is 0.410. The average Bonchev–Trinajstić information content (AvgIpc) is 1.36. The predicted octanol–water partition coefficient (Wildman–Crippen LogP) is 1.39. The van der Waals surface area contributed by atoms with Crippen LogP contribution in [0.5, 0.6) is 0 Å². The standard InChI is InChI=1S/C3H2BrFO/c1-2(4)3(5)6/h1H2. The van der Waals surface area contributed by atoms with Gasteiger partial charge >= 0.3 is 6.04 Å². The zero-order valence-electron chi connectivity index (χ0n) is 2.87. The van der Waals surface area contributed by atoms with Crippen molar-refractivity contribution in [2.45, 2.75) is 0 Å². The molecule has 0 rings (SSSR count). The van der Waals surface area contributed by atoms with Gasteiger partial charge in [0.15, 0.2) is 0 Å². The average molecular weight is 153 g/mol. The number of halogens is 2. The minimum absolute atomic E-state index is 0.234. The van der Waals surface area contributed by atoms with Crippen molar-refractivity contribution in [3.8, 4) is 0 Å². The molecule has 3 heteroatoms. The summed E-state index contributed by atoms with van der Waals surface area (Å²) in [6.45, 7) is 2.95. The second-order valence-corrected chi connectivity index (χ2v) is 1.64. The number of carbonyl (C=O) groups is 1. The van der Waals surface area contributed by atoms with Crippen LogP contribution >= 0.6 is 15.9 Å². The predicted molar refractivity (Wildman–Crippen MR) is 24.2 cm³/mol. The molecule has 0 aromatic heterocycles. The van der Waals surface area contributed by atoms with Crippen molar-refractivity contribution in [3.63, 3.8) is 0 Å². The molecule has 0 saturated heterocycles. The molecule has 0 unspecified atom stereocenters. The monoisotopic (exact) mass is 152 g/mol. The van der Waals surface area contributed by atoms with Gasteiger partial charge in [0.2, 0.25) is 0 Å². The van der Waals surface area contributed by atoms with E-state index in [1.165, 1.54) is 0 Å². The van der Waals surface area contributed by atoms with Crippen LogP contribution in [0.3, 0.4) is 0 Å². The Labute approximate surface area is 43.0 Å². The van der Waals surface area contributed by atoms with Crippen molar-refractivity contribution >= 4 is 22.0 Å². The van der Waals surface area contributed by atoms with Crippen LogP contribution in [-0.2, 0) is 4.79 Å². The smallest absolute Gasteiger partial charge is 0.255 e. The summed E-state index contributed by atoms with van der Waals surface area (Å²) in [6.07, 6.45) is 0. The fourth-order valence-corrected chi connectivity index (χ4v) is 0. The lowest BCUT2D eigenvalue weighted by atomic mass is 10.7. The number of allylic oxidation sites excluding steroid dienone is 1. The minimum atomic E-state index is -1.52. The van der Waals surface area contributed by atoms with Gasteiger partial charge in [0.05, 0.1) is 4.48 Å². The van der Waals surface area contributed by atoms with Crippen molar-refractivity contribution in [3.05, 3.63) is 11.1 Å². The van der Waals surface area contributed by atoms with Crippen LogP contribution in [0.2, 0.25) is 0 Å². The van der Waals surface area contributed by atoms with E-state index >= 15 is 0 Å². The van der Waals surface area contributed by atoms with Crippen molar-refractivity contribution in [2.24, 2.45) is 0 Å². The van der Waals surface area contributed by atoms with Crippen molar-refractivity contribution in [1.29, 1.82) is 0 Å². The van der Waals surface area contributed by atoms with Gasteiger partial charge in [-0.2, -0.15) is 4.39 Å². The van der Waals surface area contributed by atoms with E-state index in [0.29, 0.717) is 0 Å². The van der Waals surface area contributed by atoms with Crippen molar-refractivity contribution in [1.82, 2.24) is 0 Å². The molecule has 1 nitrogen and oxygen atoms in total. The molecular weight excluding hydrogens is 151 g/mol. The minimum Gasteiger partial charge on any atom is -0.255 e. The van der Waals surface area contributed by atoms with E-state index in [4.69, 9.17) is 0 Å². The Morgan fingerprint density at radius 2 is 2.00 bits per heavy atom. The first-order valence-corrected chi connectivity index (χ1v) is 1.98. The molecule has 0 aromatic rings. The van der Waals surface area contributed by atoms with Gasteiger partial charge in [0.1, 0.15) is 0 Å². The highest BCUT2D eigenvalue weighted by atomic mass is 79.9. The summed E-state index contributed by atoms with van der Waals surface area (Å²) in [6, 6.07) is -1.52. The van der Waals surface area contributed by atoms with Crippen LogP contribution in [0.15, 0.2) is 11.1 Å². The van der Waals surface area contributed by atoms with E-state index in [9.17, 15) is 9.18 Å². The first-order valence-electron chi connectivity index (χ1n) is 1.19. The van der Waals surface area contributed by atoms with Gasteiger partial charge in [0, 0.05) is 0 Å². The van der Waals surface area contributed by atoms with Gasteiger partial charge in [-0.05, 0) is 15.9 Å². The topological polar surface area (TPSA) is 17.1 Å². The molecule has 0 atom stereocenters. The lowest BCUT2D eigenvalue weighted by Gasteiger charge is -1.73. The lowest BCUT2D eigenvalue weighted by Crippen LogP contribution is -1.79. The van der Waals surface area contributed by atoms with Crippen LogP contribution in [0.1, 0.15) is 0 Å². The second-order valence-electron chi connectivity index (χ2n) is 0.679. The highest BCUT2D eigenvalue weighted by molar-refractivity contribution is 9.12. The highest BCUT2D eigenvalue weighted by Crippen LogP contribution is 2.00. The molecule has 0 spiro atoms. The van der Waals surface area contributed by atoms with E-state index in [1.54, 1.807) is 0 Å².